The molecule has 1 fully saturated rings. The van der Waals surface area contributed by atoms with Crippen molar-refractivity contribution in [2.45, 2.75) is 42.5 Å². The Balaban J connectivity index is 1.55. The fraction of sp³-hybridized carbons (Fsp3) is 0.318. The normalized spacial score (nSPS) is 16.2. The molecule has 1 unspecified atom stereocenters. The third kappa shape index (κ3) is 5.44. The van der Waals surface area contributed by atoms with E-state index in [9.17, 15) is 18.0 Å². The number of rotatable bonds is 7. The maximum absolute atomic E-state index is 13.1. The number of carbonyl (C=O) groups is 1. The van der Waals surface area contributed by atoms with Crippen LogP contribution >= 0.6 is 11.8 Å². The first kappa shape index (κ1) is 23.4. The molecular weight excluding hydrogens is 464 g/mol. The van der Waals surface area contributed by atoms with Crippen molar-refractivity contribution in [2.24, 2.45) is 5.14 Å². The fourth-order valence-corrected chi connectivity index (χ4v) is 5.34. The number of hydrogen-bond acceptors (Lipinski definition) is 7. The lowest BCUT2D eigenvalue weighted by molar-refractivity contribution is -0.113. The summed E-state index contributed by atoms with van der Waals surface area (Å²) in [7, 11) is -3.91. The summed E-state index contributed by atoms with van der Waals surface area (Å²) in [6, 6.07) is 11.6. The molecule has 1 aromatic heterocycles. The topological polar surface area (TPSA) is 133 Å². The van der Waals surface area contributed by atoms with Crippen molar-refractivity contribution in [3.63, 3.8) is 0 Å². The number of amides is 1. The fourth-order valence-electron chi connectivity index (χ4n) is 3.72. The molecule has 3 N–H and O–H groups in total. The van der Waals surface area contributed by atoms with E-state index < -0.39 is 10.0 Å². The maximum Gasteiger partial charge on any atom is 0.262 e. The molecule has 33 heavy (non-hydrogen) atoms. The first-order valence-corrected chi connectivity index (χ1v) is 12.9. The van der Waals surface area contributed by atoms with Gasteiger partial charge in [0.2, 0.25) is 15.9 Å². The van der Waals surface area contributed by atoms with E-state index in [4.69, 9.17) is 9.88 Å². The predicted octanol–water partition coefficient (Wildman–Crippen LogP) is 2.26. The minimum atomic E-state index is -3.91. The Labute approximate surface area is 195 Å². The van der Waals surface area contributed by atoms with Gasteiger partial charge in [0.15, 0.2) is 5.16 Å². The van der Waals surface area contributed by atoms with Crippen molar-refractivity contribution in [1.82, 2.24) is 9.55 Å². The van der Waals surface area contributed by atoms with E-state index in [1.54, 1.807) is 47.9 Å². The van der Waals surface area contributed by atoms with Crippen molar-refractivity contribution in [2.75, 3.05) is 17.7 Å². The number of sulfonamides is 1. The molecule has 11 heteroatoms. The second-order valence-corrected chi connectivity index (χ2v) is 10.3. The van der Waals surface area contributed by atoms with Gasteiger partial charge in [-0.15, -0.1) is 0 Å². The zero-order valence-corrected chi connectivity index (χ0v) is 19.6. The minimum Gasteiger partial charge on any atom is -0.376 e. The molecule has 0 aliphatic carbocycles. The molecule has 2 heterocycles. The van der Waals surface area contributed by atoms with Gasteiger partial charge in [-0.2, -0.15) is 0 Å². The first-order chi connectivity index (χ1) is 15.7. The monoisotopic (exact) mass is 488 g/mol. The zero-order chi connectivity index (χ0) is 23.6. The SMILES string of the molecule is Cc1ccc(NC(=O)CSc2nc3ccccc3c(=O)n2CC2CCCO2)cc1S(N)(=O)=O. The number of nitrogens with zero attached hydrogens (tertiary/aromatic N) is 2. The summed E-state index contributed by atoms with van der Waals surface area (Å²) >= 11 is 1.14. The molecule has 1 amide bonds. The molecule has 0 radical (unpaired) electrons. The Morgan fingerprint density at radius 1 is 1.30 bits per heavy atom. The molecule has 0 spiro atoms. The van der Waals surface area contributed by atoms with Crippen LogP contribution in [0, 0.1) is 6.92 Å². The zero-order valence-electron chi connectivity index (χ0n) is 18.0. The van der Waals surface area contributed by atoms with Gasteiger partial charge in [-0.1, -0.05) is 30.0 Å². The van der Waals surface area contributed by atoms with Crippen LogP contribution in [0.2, 0.25) is 0 Å². The average molecular weight is 489 g/mol. The number of anilines is 1. The van der Waals surface area contributed by atoms with Crippen LogP contribution in [-0.2, 0) is 26.1 Å². The highest BCUT2D eigenvalue weighted by Gasteiger charge is 2.21. The Kier molecular flexibility index (Phi) is 6.84. The smallest absolute Gasteiger partial charge is 0.262 e. The lowest BCUT2D eigenvalue weighted by Crippen LogP contribution is -2.29. The van der Waals surface area contributed by atoms with Crippen LogP contribution in [0.4, 0.5) is 5.69 Å². The molecule has 1 atom stereocenters. The number of thioether (sulfide) groups is 1. The Bertz CT molecular complexity index is 1360. The number of fused-ring (bicyclic) bond motifs is 1. The summed E-state index contributed by atoms with van der Waals surface area (Å²) < 4.78 is 30.7. The molecule has 0 saturated carbocycles. The highest BCUT2D eigenvalue weighted by Crippen LogP contribution is 2.22. The molecule has 1 saturated heterocycles. The van der Waals surface area contributed by atoms with Crippen LogP contribution in [0.1, 0.15) is 18.4 Å². The number of ether oxygens (including phenoxy) is 1. The summed E-state index contributed by atoms with van der Waals surface area (Å²) in [6.45, 7) is 2.67. The van der Waals surface area contributed by atoms with Gasteiger partial charge in [0.05, 0.1) is 34.2 Å². The van der Waals surface area contributed by atoms with Gasteiger partial charge in [-0.3, -0.25) is 14.2 Å². The summed E-state index contributed by atoms with van der Waals surface area (Å²) in [5.41, 5.74) is 1.20. The number of nitrogens with two attached hydrogens (primary N) is 1. The van der Waals surface area contributed by atoms with Crippen molar-refractivity contribution >= 4 is 44.3 Å². The lowest BCUT2D eigenvalue weighted by atomic mass is 10.2. The predicted molar refractivity (Wildman–Crippen MR) is 127 cm³/mol. The van der Waals surface area contributed by atoms with E-state index in [1.807, 2.05) is 0 Å². The highest BCUT2D eigenvalue weighted by atomic mass is 32.2. The minimum absolute atomic E-state index is 0.0190. The van der Waals surface area contributed by atoms with Crippen LogP contribution in [-0.4, -0.2) is 42.3 Å². The number of carbonyl (C=O) groups excluding carboxylic acids is 1. The van der Waals surface area contributed by atoms with Gasteiger partial charge >= 0.3 is 0 Å². The van der Waals surface area contributed by atoms with E-state index in [-0.39, 0.29) is 28.2 Å². The van der Waals surface area contributed by atoms with Crippen molar-refractivity contribution in [1.29, 1.82) is 0 Å². The number of hydrogen-bond donors (Lipinski definition) is 2. The van der Waals surface area contributed by atoms with Gasteiger partial charge < -0.3 is 10.1 Å². The first-order valence-electron chi connectivity index (χ1n) is 10.4. The Morgan fingerprint density at radius 2 is 2.09 bits per heavy atom. The lowest BCUT2D eigenvalue weighted by Gasteiger charge is -2.16. The van der Waals surface area contributed by atoms with E-state index in [0.717, 1.165) is 24.6 Å². The summed E-state index contributed by atoms with van der Waals surface area (Å²) in [4.78, 5) is 30.3. The molecule has 0 bridgehead atoms. The molecule has 1 aliphatic rings. The van der Waals surface area contributed by atoms with Gasteiger partial charge in [-0.05, 0) is 49.6 Å². The molecule has 3 aromatic rings. The number of primary sulfonamides is 1. The third-order valence-corrected chi connectivity index (χ3v) is 7.38. The van der Waals surface area contributed by atoms with Crippen LogP contribution in [0.5, 0.6) is 0 Å². The number of aryl methyl sites for hydroxylation is 1. The Hall–Kier alpha value is -2.73. The van der Waals surface area contributed by atoms with E-state index >= 15 is 0 Å². The van der Waals surface area contributed by atoms with E-state index in [2.05, 4.69) is 10.3 Å². The molecule has 2 aromatic carbocycles. The summed E-state index contributed by atoms with van der Waals surface area (Å²) in [5, 5.41) is 8.86. The van der Waals surface area contributed by atoms with Gasteiger partial charge in [0.25, 0.3) is 5.56 Å². The molecule has 9 nitrogen and oxygen atoms in total. The van der Waals surface area contributed by atoms with E-state index in [0.29, 0.717) is 40.5 Å². The van der Waals surface area contributed by atoms with Crippen LogP contribution in [0.3, 0.4) is 0 Å². The summed E-state index contributed by atoms with van der Waals surface area (Å²) in [6.07, 6.45) is 1.74. The molecular formula is C22H24N4O5S2. The second kappa shape index (κ2) is 9.64. The van der Waals surface area contributed by atoms with Gasteiger partial charge in [-0.25, -0.2) is 18.5 Å². The number of para-hydroxylation sites is 1. The third-order valence-electron chi connectivity index (χ3n) is 5.35. The van der Waals surface area contributed by atoms with E-state index in [1.165, 1.54) is 6.07 Å². The summed E-state index contributed by atoms with van der Waals surface area (Å²) in [5.74, 6) is -0.384. The average Bonchev–Trinajstić information content (AvgIpc) is 3.28. The van der Waals surface area contributed by atoms with Crippen molar-refractivity contribution in [3.05, 3.63) is 58.4 Å². The van der Waals surface area contributed by atoms with Crippen LogP contribution in [0.15, 0.2) is 57.3 Å². The standard InChI is InChI=1S/C22H24N4O5S2/c1-14-8-9-15(11-19(14)33(23,29)30)24-20(27)13-32-22-25-18-7-3-2-6-17(18)21(28)26(22)12-16-5-4-10-31-16/h2-3,6-9,11,16H,4-5,10,12-13H2,1H3,(H,24,27)(H2,23,29,30). The van der Waals surface area contributed by atoms with Gasteiger partial charge in [0.1, 0.15) is 0 Å². The van der Waals surface area contributed by atoms with Crippen LogP contribution in [0.25, 0.3) is 10.9 Å². The number of nitrogens with one attached hydrogen (secondary N) is 1. The largest absolute Gasteiger partial charge is 0.376 e. The highest BCUT2D eigenvalue weighted by molar-refractivity contribution is 7.99. The second-order valence-electron chi connectivity index (χ2n) is 7.82. The Morgan fingerprint density at radius 3 is 2.82 bits per heavy atom. The molecule has 1 aliphatic heterocycles. The van der Waals surface area contributed by atoms with Crippen molar-refractivity contribution in [3.8, 4) is 0 Å². The van der Waals surface area contributed by atoms with Crippen LogP contribution < -0.4 is 16.0 Å². The number of benzene rings is 2. The molecule has 174 valence electrons. The quantitative estimate of drug-likeness (QED) is 0.385. The van der Waals surface area contributed by atoms with Crippen molar-refractivity contribution < 1.29 is 17.9 Å². The van der Waals surface area contributed by atoms with Gasteiger partial charge in [0, 0.05) is 12.3 Å². The maximum atomic E-state index is 13.1. The molecule has 4 rings (SSSR count). The number of aromatic nitrogens is 2.